The van der Waals surface area contributed by atoms with Crippen LogP contribution in [0.25, 0.3) is 5.57 Å². The van der Waals surface area contributed by atoms with Crippen LogP contribution in [-0.4, -0.2) is 36.7 Å². The van der Waals surface area contributed by atoms with Gasteiger partial charge in [0.15, 0.2) is 6.23 Å². The maximum absolute atomic E-state index is 13.1. The summed E-state index contributed by atoms with van der Waals surface area (Å²) < 4.78 is 19.1. The Morgan fingerprint density at radius 3 is 2.76 bits per heavy atom. The minimum atomic E-state index is -0.248. The smallest absolute Gasteiger partial charge is 0.257 e. The molecule has 2 aromatic carbocycles. The molecular weight excluding hydrogens is 367 g/mol. The first-order valence-corrected chi connectivity index (χ1v) is 10.3. The summed E-state index contributed by atoms with van der Waals surface area (Å²) in [5, 5.41) is 2.96. The Hall–Kier alpha value is -2.66. The number of halogens is 1. The van der Waals surface area contributed by atoms with Gasteiger partial charge in [0.25, 0.3) is 5.91 Å². The standard InChI is InChI=1S/C24H27FN2O2/c1-17-5-4-6-21-23(17)29-22(26-24(21)28)7-2-3-14-27-15-12-19(13-16-27)18-8-10-20(25)11-9-18/h4-6,8-12,22H,2-3,7,13-16H2,1H3,(H,26,28)/t22-/m0/s1. The molecule has 1 N–H and O–H groups in total. The number of nitrogens with zero attached hydrogens (tertiary/aromatic N) is 1. The molecule has 0 bridgehead atoms. The molecule has 2 aromatic rings. The molecule has 1 amide bonds. The minimum absolute atomic E-state index is 0.0468. The van der Waals surface area contributed by atoms with Crippen molar-refractivity contribution in [3.05, 3.63) is 71.0 Å². The third kappa shape index (κ3) is 4.67. The van der Waals surface area contributed by atoms with E-state index in [0.29, 0.717) is 5.56 Å². The lowest BCUT2D eigenvalue weighted by atomic mass is 9.99. The molecule has 0 unspecified atom stereocenters. The van der Waals surface area contributed by atoms with Crippen molar-refractivity contribution in [2.24, 2.45) is 0 Å². The van der Waals surface area contributed by atoms with E-state index < -0.39 is 0 Å². The molecule has 0 saturated heterocycles. The fourth-order valence-corrected chi connectivity index (χ4v) is 4.02. The second-order valence-corrected chi connectivity index (χ2v) is 7.81. The Morgan fingerprint density at radius 2 is 2.00 bits per heavy atom. The van der Waals surface area contributed by atoms with E-state index in [1.807, 2.05) is 31.2 Å². The quantitative estimate of drug-likeness (QED) is 0.732. The molecule has 2 heterocycles. The van der Waals surface area contributed by atoms with Gasteiger partial charge in [-0.05, 0) is 67.6 Å². The van der Waals surface area contributed by atoms with Crippen molar-refractivity contribution in [1.29, 1.82) is 0 Å². The maximum Gasteiger partial charge on any atom is 0.257 e. The second kappa shape index (κ2) is 8.78. The van der Waals surface area contributed by atoms with Crippen LogP contribution >= 0.6 is 0 Å². The Labute approximate surface area is 171 Å². The highest BCUT2D eigenvalue weighted by Crippen LogP contribution is 2.28. The Bertz CT molecular complexity index is 908. The normalized spacial score (nSPS) is 19.2. The number of unbranched alkanes of at least 4 members (excludes halogenated alkanes) is 1. The molecule has 4 rings (SSSR count). The summed E-state index contributed by atoms with van der Waals surface area (Å²) in [4.78, 5) is 14.7. The maximum atomic E-state index is 13.1. The number of carbonyl (C=O) groups is 1. The lowest BCUT2D eigenvalue weighted by molar-refractivity contribution is 0.0730. The van der Waals surface area contributed by atoms with E-state index in [-0.39, 0.29) is 18.0 Å². The monoisotopic (exact) mass is 394 g/mol. The van der Waals surface area contributed by atoms with Gasteiger partial charge in [-0.25, -0.2) is 4.39 Å². The molecule has 2 aliphatic heterocycles. The fourth-order valence-electron chi connectivity index (χ4n) is 4.02. The summed E-state index contributed by atoms with van der Waals surface area (Å²) in [6.45, 7) is 4.95. The molecular formula is C24H27FN2O2. The number of hydrogen-bond acceptors (Lipinski definition) is 3. The van der Waals surface area contributed by atoms with Gasteiger partial charge in [-0.15, -0.1) is 0 Å². The molecule has 0 fully saturated rings. The van der Waals surface area contributed by atoms with Gasteiger partial charge in [0, 0.05) is 19.5 Å². The summed E-state index contributed by atoms with van der Waals surface area (Å²) in [5.74, 6) is 0.480. The third-order valence-electron chi connectivity index (χ3n) is 5.71. The first-order valence-electron chi connectivity index (χ1n) is 10.3. The summed E-state index contributed by atoms with van der Waals surface area (Å²) in [7, 11) is 0. The number of amides is 1. The predicted molar refractivity (Wildman–Crippen MR) is 112 cm³/mol. The Balaban J connectivity index is 1.21. The molecule has 2 aliphatic rings. The van der Waals surface area contributed by atoms with E-state index in [4.69, 9.17) is 4.74 Å². The van der Waals surface area contributed by atoms with Gasteiger partial charge in [0.2, 0.25) is 0 Å². The largest absolute Gasteiger partial charge is 0.470 e. The average Bonchev–Trinajstić information content (AvgIpc) is 2.73. The minimum Gasteiger partial charge on any atom is -0.470 e. The second-order valence-electron chi connectivity index (χ2n) is 7.81. The number of rotatable bonds is 6. The summed E-state index contributed by atoms with van der Waals surface area (Å²) >= 11 is 0. The Morgan fingerprint density at radius 1 is 1.17 bits per heavy atom. The highest BCUT2D eigenvalue weighted by atomic mass is 19.1. The lowest BCUT2D eigenvalue weighted by Gasteiger charge is -2.29. The molecule has 0 aliphatic carbocycles. The van der Waals surface area contributed by atoms with Crippen molar-refractivity contribution in [2.45, 2.75) is 38.8 Å². The molecule has 1 atom stereocenters. The van der Waals surface area contributed by atoms with Crippen molar-refractivity contribution >= 4 is 11.5 Å². The van der Waals surface area contributed by atoms with Crippen molar-refractivity contribution in [3.8, 4) is 5.75 Å². The van der Waals surface area contributed by atoms with E-state index in [1.165, 1.54) is 17.7 Å². The molecule has 5 heteroatoms. The van der Waals surface area contributed by atoms with Crippen LogP contribution in [0.3, 0.4) is 0 Å². The first kappa shape index (κ1) is 19.6. The zero-order valence-corrected chi connectivity index (χ0v) is 16.8. The van der Waals surface area contributed by atoms with Gasteiger partial charge in [-0.2, -0.15) is 0 Å². The molecule has 29 heavy (non-hydrogen) atoms. The number of fused-ring (bicyclic) bond motifs is 1. The van der Waals surface area contributed by atoms with Crippen LogP contribution in [0.1, 0.15) is 47.2 Å². The van der Waals surface area contributed by atoms with Crippen LogP contribution in [0.5, 0.6) is 5.75 Å². The van der Waals surface area contributed by atoms with Crippen LogP contribution in [0.15, 0.2) is 48.5 Å². The molecule has 0 radical (unpaired) electrons. The SMILES string of the molecule is Cc1cccc2c1O[C@@H](CCCCN1CC=C(c3ccc(F)cc3)CC1)NC2=O. The number of benzene rings is 2. The van der Waals surface area contributed by atoms with E-state index in [0.717, 1.165) is 62.2 Å². The summed E-state index contributed by atoms with van der Waals surface area (Å²) in [6, 6.07) is 12.4. The van der Waals surface area contributed by atoms with Crippen molar-refractivity contribution in [1.82, 2.24) is 10.2 Å². The van der Waals surface area contributed by atoms with Crippen LogP contribution in [-0.2, 0) is 0 Å². The van der Waals surface area contributed by atoms with Gasteiger partial charge in [0.05, 0.1) is 5.56 Å². The molecule has 152 valence electrons. The summed E-state index contributed by atoms with van der Waals surface area (Å²) in [6.07, 6.45) is 5.87. The van der Waals surface area contributed by atoms with Crippen LogP contribution in [0.4, 0.5) is 4.39 Å². The van der Waals surface area contributed by atoms with Crippen LogP contribution < -0.4 is 10.1 Å². The van der Waals surface area contributed by atoms with Gasteiger partial charge in [-0.1, -0.05) is 30.3 Å². The topological polar surface area (TPSA) is 41.6 Å². The number of nitrogens with one attached hydrogen (secondary N) is 1. The van der Waals surface area contributed by atoms with Crippen molar-refractivity contribution < 1.29 is 13.9 Å². The Kier molecular flexibility index (Phi) is 5.95. The van der Waals surface area contributed by atoms with Crippen molar-refractivity contribution in [2.75, 3.05) is 19.6 Å². The number of aryl methyl sites for hydroxylation is 1. The highest BCUT2D eigenvalue weighted by Gasteiger charge is 2.26. The average molecular weight is 394 g/mol. The zero-order valence-electron chi connectivity index (χ0n) is 16.8. The van der Waals surface area contributed by atoms with Crippen molar-refractivity contribution in [3.63, 3.8) is 0 Å². The third-order valence-corrected chi connectivity index (χ3v) is 5.71. The van der Waals surface area contributed by atoms with Gasteiger partial charge < -0.3 is 10.1 Å². The van der Waals surface area contributed by atoms with E-state index in [9.17, 15) is 9.18 Å². The van der Waals surface area contributed by atoms with E-state index in [2.05, 4.69) is 16.3 Å². The van der Waals surface area contributed by atoms with Gasteiger partial charge in [0.1, 0.15) is 11.6 Å². The van der Waals surface area contributed by atoms with Gasteiger partial charge >= 0.3 is 0 Å². The van der Waals surface area contributed by atoms with Crippen LogP contribution in [0.2, 0.25) is 0 Å². The molecule has 0 spiro atoms. The fraction of sp³-hybridized carbons (Fsp3) is 0.375. The number of hydrogen-bond donors (Lipinski definition) is 1. The lowest BCUT2D eigenvalue weighted by Crippen LogP contribution is -2.43. The molecule has 4 nitrogen and oxygen atoms in total. The first-order chi connectivity index (χ1) is 14.1. The number of ether oxygens (including phenoxy) is 1. The predicted octanol–water partition coefficient (Wildman–Crippen LogP) is 4.54. The van der Waals surface area contributed by atoms with E-state index >= 15 is 0 Å². The molecule has 0 aromatic heterocycles. The van der Waals surface area contributed by atoms with Crippen LogP contribution in [0, 0.1) is 12.7 Å². The van der Waals surface area contributed by atoms with E-state index in [1.54, 1.807) is 6.07 Å². The van der Waals surface area contributed by atoms with Gasteiger partial charge in [-0.3, -0.25) is 9.69 Å². The number of carbonyl (C=O) groups excluding carboxylic acids is 1. The number of para-hydroxylation sites is 1. The zero-order chi connectivity index (χ0) is 20.2. The molecule has 0 saturated carbocycles. The highest BCUT2D eigenvalue weighted by molar-refractivity contribution is 5.98. The summed E-state index contributed by atoms with van der Waals surface area (Å²) in [5.41, 5.74) is 4.04.